The molecule has 0 bridgehead atoms. The van der Waals surface area contributed by atoms with Crippen LogP contribution in [0.15, 0.2) is 30.3 Å². The van der Waals surface area contributed by atoms with Crippen LogP contribution in [-0.4, -0.2) is 58.7 Å². The van der Waals surface area contributed by atoms with Crippen molar-refractivity contribution < 1.29 is 4.79 Å². The third kappa shape index (κ3) is 3.65. The summed E-state index contributed by atoms with van der Waals surface area (Å²) >= 11 is 0. The van der Waals surface area contributed by atoms with Crippen molar-refractivity contribution in [2.75, 3.05) is 27.2 Å². The topological polar surface area (TPSA) is 41.4 Å². The number of nitrogens with zero attached hydrogens (tertiary/aromatic N) is 4. The van der Waals surface area contributed by atoms with Gasteiger partial charge in [0.1, 0.15) is 0 Å². The van der Waals surface area contributed by atoms with Crippen molar-refractivity contribution >= 4 is 5.91 Å². The molecule has 1 fully saturated rings. The second kappa shape index (κ2) is 7.85. The molecule has 0 saturated carbocycles. The summed E-state index contributed by atoms with van der Waals surface area (Å²) in [5.41, 5.74) is 4.18. The predicted molar refractivity (Wildman–Crippen MR) is 107 cm³/mol. The van der Waals surface area contributed by atoms with Gasteiger partial charge in [0, 0.05) is 30.4 Å². The van der Waals surface area contributed by atoms with Crippen LogP contribution in [0.4, 0.5) is 0 Å². The number of amides is 1. The SMILES string of the molecule is CN(C)C1CCN(C(=O)c2nn(-c3ccccc3)c3c2CCCCC3)CC1. The number of likely N-dealkylation sites (tertiary alicyclic amines) is 1. The van der Waals surface area contributed by atoms with Crippen molar-refractivity contribution in [2.45, 2.75) is 51.0 Å². The van der Waals surface area contributed by atoms with E-state index in [0.717, 1.165) is 50.9 Å². The maximum absolute atomic E-state index is 13.3. The Hall–Kier alpha value is -2.14. The molecule has 2 heterocycles. The maximum Gasteiger partial charge on any atom is 0.274 e. The molecule has 0 unspecified atom stereocenters. The van der Waals surface area contributed by atoms with Gasteiger partial charge in [-0.05, 0) is 64.8 Å². The minimum atomic E-state index is 0.125. The van der Waals surface area contributed by atoms with Gasteiger partial charge in [0.25, 0.3) is 5.91 Å². The van der Waals surface area contributed by atoms with Crippen LogP contribution < -0.4 is 0 Å². The molecule has 5 nitrogen and oxygen atoms in total. The van der Waals surface area contributed by atoms with Crippen molar-refractivity contribution in [1.82, 2.24) is 19.6 Å². The first-order chi connectivity index (χ1) is 13.1. The van der Waals surface area contributed by atoms with Crippen LogP contribution in [0.3, 0.4) is 0 Å². The molecule has 4 rings (SSSR count). The highest BCUT2D eigenvalue weighted by Gasteiger charge is 2.30. The Morgan fingerprint density at radius 3 is 2.44 bits per heavy atom. The van der Waals surface area contributed by atoms with E-state index in [-0.39, 0.29) is 5.91 Å². The van der Waals surface area contributed by atoms with E-state index < -0.39 is 0 Å². The molecule has 1 aromatic carbocycles. The van der Waals surface area contributed by atoms with Gasteiger partial charge < -0.3 is 9.80 Å². The molecule has 0 atom stereocenters. The minimum Gasteiger partial charge on any atom is -0.337 e. The van der Waals surface area contributed by atoms with Crippen LogP contribution in [0.1, 0.15) is 53.8 Å². The predicted octanol–water partition coefficient (Wildman–Crippen LogP) is 3.31. The number of piperidine rings is 1. The number of hydrogen-bond donors (Lipinski definition) is 0. The largest absolute Gasteiger partial charge is 0.337 e. The van der Waals surface area contributed by atoms with Gasteiger partial charge in [-0.25, -0.2) is 4.68 Å². The van der Waals surface area contributed by atoms with Crippen LogP contribution in [0.2, 0.25) is 0 Å². The van der Waals surface area contributed by atoms with Crippen molar-refractivity contribution in [3.8, 4) is 5.69 Å². The Morgan fingerprint density at radius 2 is 1.74 bits per heavy atom. The van der Waals surface area contributed by atoms with Crippen molar-refractivity contribution in [1.29, 1.82) is 0 Å². The molecule has 2 aromatic rings. The summed E-state index contributed by atoms with van der Waals surface area (Å²) in [7, 11) is 4.26. The van der Waals surface area contributed by atoms with Crippen LogP contribution in [-0.2, 0) is 12.8 Å². The van der Waals surface area contributed by atoms with Gasteiger partial charge in [-0.1, -0.05) is 24.6 Å². The van der Waals surface area contributed by atoms with Crippen LogP contribution in [0, 0.1) is 0 Å². The summed E-state index contributed by atoms with van der Waals surface area (Å²) < 4.78 is 2.03. The summed E-state index contributed by atoms with van der Waals surface area (Å²) in [5.74, 6) is 0.125. The highest BCUT2D eigenvalue weighted by Crippen LogP contribution is 2.28. The number of fused-ring (bicyclic) bond motifs is 1. The minimum absolute atomic E-state index is 0.125. The summed E-state index contributed by atoms with van der Waals surface area (Å²) in [4.78, 5) is 17.6. The summed E-state index contributed by atoms with van der Waals surface area (Å²) in [5, 5.41) is 4.85. The molecule has 1 saturated heterocycles. The van der Waals surface area contributed by atoms with Gasteiger partial charge in [0.05, 0.1) is 5.69 Å². The van der Waals surface area contributed by atoms with Gasteiger partial charge in [-0.15, -0.1) is 0 Å². The average molecular weight is 367 g/mol. The van der Waals surface area contributed by atoms with Crippen molar-refractivity contribution in [3.63, 3.8) is 0 Å². The van der Waals surface area contributed by atoms with Crippen LogP contribution in [0.5, 0.6) is 0 Å². The van der Waals surface area contributed by atoms with Crippen LogP contribution in [0.25, 0.3) is 5.69 Å². The third-order valence-electron chi connectivity index (χ3n) is 6.12. The molecule has 0 N–H and O–H groups in total. The fourth-order valence-electron chi connectivity index (χ4n) is 4.47. The number of para-hydroxylation sites is 1. The van der Waals surface area contributed by atoms with Gasteiger partial charge >= 0.3 is 0 Å². The molecule has 1 amide bonds. The van der Waals surface area contributed by atoms with Crippen LogP contribution >= 0.6 is 0 Å². The highest BCUT2D eigenvalue weighted by molar-refractivity contribution is 5.94. The highest BCUT2D eigenvalue weighted by atomic mass is 16.2. The summed E-state index contributed by atoms with van der Waals surface area (Å²) in [6.07, 6.45) is 7.61. The molecular formula is C22H30N4O. The van der Waals surface area contributed by atoms with Gasteiger partial charge in [-0.2, -0.15) is 5.10 Å². The van der Waals surface area contributed by atoms with Gasteiger partial charge in [0.15, 0.2) is 5.69 Å². The number of carbonyl (C=O) groups excluding carboxylic acids is 1. The van der Waals surface area contributed by atoms with Gasteiger partial charge in [-0.3, -0.25) is 4.79 Å². The van der Waals surface area contributed by atoms with E-state index in [1.54, 1.807) is 0 Å². The van der Waals surface area contributed by atoms with E-state index in [4.69, 9.17) is 5.10 Å². The molecule has 1 aliphatic heterocycles. The van der Waals surface area contributed by atoms with E-state index >= 15 is 0 Å². The normalized spacial score (nSPS) is 18.4. The third-order valence-corrected chi connectivity index (χ3v) is 6.12. The number of benzene rings is 1. The Morgan fingerprint density at radius 1 is 1.04 bits per heavy atom. The van der Waals surface area contributed by atoms with Crippen molar-refractivity contribution in [2.24, 2.45) is 0 Å². The first kappa shape index (κ1) is 18.2. The van der Waals surface area contributed by atoms with Gasteiger partial charge in [0.2, 0.25) is 0 Å². The fourth-order valence-corrected chi connectivity index (χ4v) is 4.47. The molecule has 1 aliphatic carbocycles. The number of carbonyl (C=O) groups is 1. The quantitative estimate of drug-likeness (QED) is 0.783. The first-order valence-electron chi connectivity index (χ1n) is 10.3. The number of hydrogen-bond acceptors (Lipinski definition) is 3. The molecule has 27 heavy (non-hydrogen) atoms. The summed E-state index contributed by atoms with van der Waals surface area (Å²) in [6, 6.07) is 10.8. The summed E-state index contributed by atoms with van der Waals surface area (Å²) in [6.45, 7) is 1.66. The Balaban J connectivity index is 1.65. The zero-order valence-electron chi connectivity index (χ0n) is 16.5. The maximum atomic E-state index is 13.3. The standard InChI is InChI=1S/C22H30N4O/c1-24(2)17-13-15-25(16-14-17)22(27)21-19-11-7-4-8-12-20(19)26(23-21)18-9-5-3-6-10-18/h3,5-6,9-10,17H,4,7-8,11-16H2,1-2H3. The Labute approximate surface area is 162 Å². The molecule has 5 heteroatoms. The Kier molecular flexibility index (Phi) is 5.30. The first-order valence-corrected chi connectivity index (χ1v) is 10.3. The lowest BCUT2D eigenvalue weighted by Gasteiger charge is -2.35. The van der Waals surface area contributed by atoms with Crippen molar-refractivity contribution in [3.05, 3.63) is 47.3 Å². The molecule has 1 aromatic heterocycles. The fraction of sp³-hybridized carbons (Fsp3) is 0.545. The average Bonchev–Trinajstić information content (AvgIpc) is 2.89. The van der Waals surface area contributed by atoms with E-state index in [2.05, 4.69) is 31.1 Å². The van der Waals surface area contributed by atoms with E-state index in [0.29, 0.717) is 11.7 Å². The number of aromatic nitrogens is 2. The molecular weight excluding hydrogens is 336 g/mol. The number of rotatable bonds is 3. The monoisotopic (exact) mass is 366 g/mol. The zero-order chi connectivity index (χ0) is 18.8. The molecule has 2 aliphatic rings. The second-order valence-electron chi connectivity index (χ2n) is 8.07. The molecule has 144 valence electrons. The lowest BCUT2D eigenvalue weighted by Crippen LogP contribution is -2.44. The Bertz CT molecular complexity index is 788. The lowest BCUT2D eigenvalue weighted by molar-refractivity contribution is 0.0656. The van der Waals surface area contributed by atoms with E-state index in [9.17, 15) is 4.79 Å². The zero-order valence-corrected chi connectivity index (χ0v) is 16.5. The lowest BCUT2D eigenvalue weighted by atomic mass is 10.0. The second-order valence-corrected chi connectivity index (χ2v) is 8.07. The van der Waals surface area contributed by atoms with E-state index in [1.807, 2.05) is 27.8 Å². The smallest absolute Gasteiger partial charge is 0.274 e. The molecule has 0 radical (unpaired) electrons. The van der Waals surface area contributed by atoms with E-state index in [1.165, 1.54) is 24.1 Å². The molecule has 0 spiro atoms.